The number of ether oxygens (including phenoxy) is 2. The zero-order chi connectivity index (χ0) is 19.7. The number of methoxy groups -OCH3 is 2. The average Bonchev–Trinajstić information content (AvgIpc) is 2.73. The van der Waals surface area contributed by atoms with Gasteiger partial charge in [-0.1, -0.05) is 12.1 Å². The predicted octanol–water partition coefficient (Wildman–Crippen LogP) is 3.32. The van der Waals surface area contributed by atoms with Crippen LogP contribution in [0.2, 0.25) is 0 Å². The smallest absolute Gasteiger partial charge is 0.227 e. The maximum Gasteiger partial charge on any atom is 0.227 e. The molecule has 0 unspecified atom stereocenters. The van der Waals surface area contributed by atoms with Gasteiger partial charge in [-0.2, -0.15) is 4.98 Å². The van der Waals surface area contributed by atoms with Crippen molar-refractivity contribution in [3.05, 3.63) is 42.0 Å². The summed E-state index contributed by atoms with van der Waals surface area (Å²) in [6, 6.07) is 11.1. The van der Waals surface area contributed by atoms with Gasteiger partial charge in [-0.3, -0.25) is 0 Å². The number of rotatable bonds is 4. The average molecular weight is 380 g/mol. The van der Waals surface area contributed by atoms with Crippen LogP contribution in [0, 0.1) is 0 Å². The molecule has 0 spiro atoms. The molecule has 7 heteroatoms. The quantitative estimate of drug-likeness (QED) is 0.717. The molecule has 1 saturated heterocycles. The third kappa shape index (κ3) is 3.35. The number of fused-ring (bicyclic) bond motifs is 1. The number of phenolic OH excluding ortho intramolecular Hbond substituents is 1. The van der Waals surface area contributed by atoms with E-state index in [9.17, 15) is 5.11 Å². The number of aromatic hydroxyl groups is 1. The summed E-state index contributed by atoms with van der Waals surface area (Å²) in [4.78, 5) is 11.4. The van der Waals surface area contributed by atoms with Gasteiger partial charge in [-0.05, 0) is 42.5 Å². The lowest BCUT2D eigenvalue weighted by Gasteiger charge is -2.32. The Labute approximate surface area is 163 Å². The lowest BCUT2D eigenvalue weighted by atomic mass is 9.89. The summed E-state index contributed by atoms with van der Waals surface area (Å²) in [6.45, 7) is 1.70. The van der Waals surface area contributed by atoms with Crippen molar-refractivity contribution >= 4 is 22.7 Å². The van der Waals surface area contributed by atoms with Gasteiger partial charge in [0.05, 0.1) is 19.7 Å². The highest BCUT2D eigenvalue weighted by Crippen LogP contribution is 2.35. The van der Waals surface area contributed by atoms with Crippen LogP contribution in [0.15, 0.2) is 36.4 Å². The maximum atomic E-state index is 9.48. The Morgan fingerprint density at radius 1 is 1.00 bits per heavy atom. The SMILES string of the molecule is COc1cc2nc(N3CCC(c4ccc(O)cc4)CC3)nc(N)c2cc1OC. The molecule has 0 aliphatic carbocycles. The summed E-state index contributed by atoms with van der Waals surface area (Å²) in [5, 5.41) is 10.2. The highest BCUT2D eigenvalue weighted by atomic mass is 16.5. The molecule has 4 rings (SSSR count). The molecule has 0 saturated carbocycles. The van der Waals surface area contributed by atoms with Crippen molar-refractivity contribution < 1.29 is 14.6 Å². The van der Waals surface area contributed by atoms with E-state index in [4.69, 9.17) is 20.2 Å². The first-order valence-electron chi connectivity index (χ1n) is 9.32. The molecule has 2 heterocycles. The lowest BCUT2D eigenvalue weighted by Crippen LogP contribution is -2.34. The summed E-state index contributed by atoms with van der Waals surface area (Å²) < 4.78 is 10.7. The van der Waals surface area contributed by atoms with Gasteiger partial charge in [0.25, 0.3) is 0 Å². The van der Waals surface area contributed by atoms with Gasteiger partial charge >= 0.3 is 0 Å². The molecule has 0 bridgehead atoms. The number of aromatic nitrogens is 2. The van der Waals surface area contributed by atoms with Crippen LogP contribution < -0.4 is 20.1 Å². The Kier molecular flexibility index (Phi) is 4.81. The molecule has 1 aliphatic heterocycles. The van der Waals surface area contributed by atoms with E-state index in [0.29, 0.717) is 34.9 Å². The topological polar surface area (TPSA) is 93.7 Å². The molecular formula is C21H24N4O3. The molecule has 1 aliphatic rings. The maximum absolute atomic E-state index is 9.48. The van der Waals surface area contributed by atoms with Crippen LogP contribution in [-0.4, -0.2) is 42.4 Å². The Hall–Kier alpha value is -3.22. The molecule has 0 amide bonds. The highest BCUT2D eigenvalue weighted by Gasteiger charge is 2.23. The van der Waals surface area contributed by atoms with Gasteiger partial charge in [0.15, 0.2) is 11.5 Å². The van der Waals surface area contributed by atoms with Crippen molar-refractivity contribution in [3.8, 4) is 17.2 Å². The highest BCUT2D eigenvalue weighted by molar-refractivity contribution is 5.91. The molecule has 0 atom stereocenters. The van der Waals surface area contributed by atoms with E-state index in [1.54, 1.807) is 26.4 Å². The van der Waals surface area contributed by atoms with E-state index >= 15 is 0 Å². The summed E-state index contributed by atoms with van der Waals surface area (Å²) in [6.07, 6.45) is 2.00. The van der Waals surface area contributed by atoms with Crippen molar-refractivity contribution in [1.82, 2.24) is 9.97 Å². The normalized spacial score (nSPS) is 15.0. The largest absolute Gasteiger partial charge is 0.508 e. The lowest BCUT2D eigenvalue weighted by molar-refractivity contribution is 0.356. The Morgan fingerprint density at radius 3 is 2.29 bits per heavy atom. The first-order chi connectivity index (χ1) is 13.6. The number of nitrogens with two attached hydrogens (primary N) is 1. The number of benzene rings is 2. The van der Waals surface area contributed by atoms with Crippen molar-refractivity contribution in [3.63, 3.8) is 0 Å². The summed E-state index contributed by atoms with van der Waals surface area (Å²) in [5.41, 5.74) is 8.21. The van der Waals surface area contributed by atoms with Crippen LogP contribution in [-0.2, 0) is 0 Å². The molecule has 3 aromatic rings. The molecule has 3 N–H and O–H groups in total. The van der Waals surface area contributed by atoms with Crippen molar-refractivity contribution in [1.29, 1.82) is 0 Å². The van der Waals surface area contributed by atoms with E-state index in [-0.39, 0.29) is 0 Å². The molecule has 0 radical (unpaired) electrons. The van der Waals surface area contributed by atoms with Crippen LogP contribution in [0.4, 0.5) is 11.8 Å². The standard InChI is InChI=1S/C21H24N4O3/c1-27-18-11-16-17(12-19(18)28-2)23-21(24-20(16)22)25-9-7-14(8-10-25)13-3-5-15(26)6-4-13/h3-6,11-12,14,26H,7-10H2,1-2H3,(H2,22,23,24). The molecule has 2 aromatic carbocycles. The van der Waals surface area contributed by atoms with Crippen molar-refractivity contribution in [2.75, 3.05) is 37.9 Å². The van der Waals surface area contributed by atoms with Crippen LogP contribution in [0.3, 0.4) is 0 Å². The fraction of sp³-hybridized carbons (Fsp3) is 0.333. The second-order valence-electron chi connectivity index (χ2n) is 6.99. The minimum absolute atomic E-state index is 0.299. The number of nitrogen functional groups attached to an aromatic ring is 1. The predicted molar refractivity (Wildman–Crippen MR) is 109 cm³/mol. The van der Waals surface area contributed by atoms with Gasteiger partial charge in [0.2, 0.25) is 5.95 Å². The van der Waals surface area contributed by atoms with Gasteiger partial charge in [0.1, 0.15) is 11.6 Å². The number of hydrogen-bond acceptors (Lipinski definition) is 7. The Bertz CT molecular complexity index is 983. The zero-order valence-electron chi connectivity index (χ0n) is 16.1. The fourth-order valence-corrected chi connectivity index (χ4v) is 3.77. The van der Waals surface area contributed by atoms with Crippen LogP contribution >= 0.6 is 0 Å². The van der Waals surface area contributed by atoms with Crippen molar-refractivity contribution in [2.24, 2.45) is 0 Å². The van der Waals surface area contributed by atoms with Crippen molar-refractivity contribution in [2.45, 2.75) is 18.8 Å². The van der Waals surface area contributed by atoms with E-state index < -0.39 is 0 Å². The number of nitrogens with zero attached hydrogens (tertiary/aromatic N) is 3. The monoisotopic (exact) mass is 380 g/mol. The third-order valence-electron chi connectivity index (χ3n) is 5.36. The van der Waals surface area contributed by atoms with Gasteiger partial charge in [-0.25, -0.2) is 4.98 Å². The third-order valence-corrected chi connectivity index (χ3v) is 5.36. The molecule has 1 fully saturated rings. The van der Waals surface area contributed by atoms with E-state index in [1.807, 2.05) is 24.3 Å². The summed E-state index contributed by atoms with van der Waals surface area (Å²) in [5.74, 6) is 3.06. The van der Waals surface area contributed by atoms with E-state index in [0.717, 1.165) is 36.8 Å². The first kappa shape index (κ1) is 18.2. The van der Waals surface area contributed by atoms with Gasteiger partial charge < -0.3 is 25.2 Å². The van der Waals surface area contributed by atoms with Crippen LogP contribution in [0.5, 0.6) is 17.2 Å². The molecular weight excluding hydrogens is 356 g/mol. The molecule has 7 nitrogen and oxygen atoms in total. The zero-order valence-corrected chi connectivity index (χ0v) is 16.1. The number of phenols is 1. The summed E-state index contributed by atoms with van der Waals surface area (Å²) in [7, 11) is 3.19. The number of piperidine rings is 1. The molecule has 1 aromatic heterocycles. The van der Waals surface area contributed by atoms with E-state index in [2.05, 4.69) is 9.88 Å². The second kappa shape index (κ2) is 7.42. The number of anilines is 2. The van der Waals surface area contributed by atoms with Gasteiger partial charge in [0, 0.05) is 24.5 Å². The fourth-order valence-electron chi connectivity index (χ4n) is 3.77. The first-order valence-corrected chi connectivity index (χ1v) is 9.32. The van der Waals surface area contributed by atoms with Gasteiger partial charge in [-0.15, -0.1) is 0 Å². The molecule has 146 valence electrons. The number of hydrogen-bond donors (Lipinski definition) is 2. The van der Waals surface area contributed by atoms with Crippen LogP contribution in [0.1, 0.15) is 24.3 Å². The van der Waals surface area contributed by atoms with Crippen LogP contribution in [0.25, 0.3) is 10.9 Å². The molecule has 28 heavy (non-hydrogen) atoms. The minimum Gasteiger partial charge on any atom is -0.508 e. The second-order valence-corrected chi connectivity index (χ2v) is 6.99. The Balaban J connectivity index is 1.57. The minimum atomic E-state index is 0.299. The summed E-state index contributed by atoms with van der Waals surface area (Å²) >= 11 is 0. The Morgan fingerprint density at radius 2 is 1.64 bits per heavy atom. The van der Waals surface area contributed by atoms with E-state index in [1.165, 1.54) is 5.56 Å².